The van der Waals surface area contributed by atoms with Gasteiger partial charge in [0.25, 0.3) is 0 Å². The van der Waals surface area contributed by atoms with Crippen molar-refractivity contribution in [3.8, 4) is 0 Å². The summed E-state index contributed by atoms with van der Waals surface area (Å²) in [5, 5.41) is 9.98. The molecule has 1 aromatic heterocycles. The summed E-state index contributed by atoms with van der Waals surface area (Å²) in [7, 11) is 0. The molecule has 0 saturated carbocycles. The Balaban J connectivity index is 1.60. The topological polar surface area (TPSA) is 54.0 Å². The summed E-state index contributed by atoms with van der Waals surface area (Å²) in [6.45, 7) is 6.21. The molecule has 22 heavy (non-hydrogen) atoms. The Morgan fingerprint density at radius 1 is 1.45 bits per heavy atom. The minimum Gasteiger partial charge on any atom is -0.344 e. The molecule has 3 rings (SSSR count). The first kappa shape index (κ1) is 15.9. The molecule has 2 saturated heterocycles. The van der Waals surface area contributed by atoms with Crippen LogP contribution in [-0.4, -0.2) is 23.0 Å². The highest BCUT2D eigenvalue weighted by Gasteiger charge is 2.35. The van der Waals surface area contributed by atoms with E-state index in [4.69, 9.17) is 0 Å². The maximum absolute atomic E-state index is 12.5. The molecule has 1 amide bonds. The molecule has 2 bridgehead atoms. The lowest BCUT2D eigenvalue weighted by Gasteiger charge is -2.31. The third-order valence-corrected chi connectivity index (χ3v) is 6.48. The molecular formula is C17H27N3OS. The van der Waals surface area contributed by atoms with E-state index in [2.05, 4.69) is 34.8 Å². The summed E-state index contributed by atoms with van der Waals surface area (Å²) < 4.78 is 0. The summed E-state index contributed by atoms with van der Waals surface area (Å²) in [5.74, 6) is 0.724. The zero-order valence-corrected chi connectivity index (χ0v) is 14.6. The summed E-state index contributed by atoms with van der Waals surface area (Å²) in [4.78, 5) is 17.1. The average Bonchev–Trinajstić information content (AvgIpc) is 3.05. The maximum Gasteiger partial charge on any atom is 0.221 e. The van der Waals surface area contributed by atoms with Crippen molar-refractivity contribution < 1.29 is 4.79 Å². The van der Waals surface area contributed by atoms with E-state index in [0.29, 0.717) is 24.4 Å². The second kappa shape index (κ2) is 6.28. The Kier molecular flexibility index (Phi) is 4.55. The van der Waals surface area contributed by atoms with Crippen molar-refractivity contribution in [2.45, 2.75) is 76.9 Å². The van der Waals surface area contributed by atoms with Crippen LogP contribution in [0.3, 0.4) is 0 Å². The molecule has 1 aromatic rings. The van der Waals surface area contributed by atoms with Crippen LogP contribution < -0.4 is 10.6 Å². The number of rotatable bonds is 5. The van der Waals surface area contributed by atoms with E-state index in [9.17, 15) is 4.79 Å². The highest BCUT2D eigenvalue weighted by atomic mass is 32.1. The van der Waals surface area contributed by atoms with Gasteiger partial charge in [-0.05, 0) is 51.9 Å². The average molecular weight is 321 g/mol. The Morgan fingerprint density at radius 2 is 2.14 bits per heavy atom. The minimum absolute atomic E-state index is 0.184. The molecule has 2 N–H and O–H groups in total. The molecule has 3 unspecified atom stereocenters. The molecule has 5 heteroatoms. The van der Waals surface area contributed by atoms with Crippen molar-refractivity contribution in [3.05, 3.63) is 16.1 Å². The van der Waals surface area contributed by atoms with E-state index < -0.39 is 0 Å². The van der Waals surface area contributed by atoms with Gasteiger partial charge in [0.1, 0.15) is 5.01 Å². The van der Waals surface area contributed by atoms with Gasteiger partial charge in [-0.1, -0.05) is 6.92 Å². The van der Waals surface area contributed by atoms with Gasteiger partial charge in [-0.25, -0.2) is 4.98 Å². The number of aromatic nitrogens is 1. The number of aryl methyl sites for hydroxylation is 1. The quantitative estimate of drug-likeness (QED) is 0.876. The van der Waals surface area contributed by atoms with Gasteiger partial charge in [0.15, 0.2) is 0 Å². The number of carbonyl (C=O) groups excluding carboxylic acids is 1. The van der Waals surface area contributed by atoms with Gasteiger partial charge in [-0.2, -0.15) is 0 Å². The molecule has 122 valence electrons. The summed E-state index contributed by atoms with van der Waals surface area (Å²) in [6, 6.07) is 1.30. The van der Waals surface area contributed by atoms with Gasteiger partial charge >= 0.3 is 0 Å². The van der Waals surface area contributed by atoms with Crippen LogP contribution in [-0.2, 0) is 10.3 Å². The second-order valence-corrected chi connectivity index (χ2v) is 8.07. The van der Waals surface area contributed by atoms with Gasteiger partial charge < -0.3 is 10.6 Å². The van der Waals surface area contributed by atoms with E-state index in [0.717, 1.165) is 30.0 Å². The highest BCUT2D eigenvalue weighted by Crippen LogP contribution is 2.33. The lowest BCUT2D eigenvalue weighted by atomic mass is 9.89. The summed E-state index contributed by atoms with van der Waals surface area (Å²) >= 11 is 1.64. The Labute approximate surface area is 137 Å². The first-order valence-electron chi connectivity index (χ1n) is 8.48. The number of piperidine rings is 1. The number of amides is 1. The number of fused-ring (bicyclic) bond motifs is 2. The predicted octanol–water partition coefficient (Wildman–Crippen LogP) is 3.11. The normalized spacial score (nSPS) is 30.0. The number of hydrogen-bond acceptors (Lipinski definition) is 4. The summed E-state index contributed by atoms with van der Waals surface area (Å²) in [6.07, 6.45) is 6.41. The van der Waals surface area contributed by atoms with Crippen LogP contribution in [0.5, 0.6) is 0 Å². The molecule has 3 heterocycles. The predicted molar refractivity (Wildman–Crippen MR) is 89.9 cm³/mol. The van der Waals surface area contributed by atoms with Crippen LogP contribution in [0.15, 0.2) is 5.38 Å². The SMILES string of the molecule is CCC(C)(NC(=O)CC1CC2CCC(C1)N2)c1nc(C)cs1. The van der Waals surface area contributed by atoms with Crippen LogP contribution in [0.1, 0.15) is 63.1 Å². The number of nitrogens with one attached hydrogen (secondary N) is 2. The zero-order valence-electron chi connectivity index (χ0n) is 13.8. The minimum atomic E-state index is -0.331. The van der Waals surface area contributed by atoms with Crippen LogP contribution in [0.4, 0.5) is 0 Å². The van der Waals surface area contributed by atoms with Crippen molar-refractivity contribution in [2.24, 2.45) is 5.92 Å². The molecule has 4 nitrogen and oxygen atoms in total. The first-order chi connectivity index (χ1) is 10.5. The van der Waals surface area contributed by atoms with E-state index in [1.165, 1.54) is 12.8 Å². The third kappa shape index (κ3) is 3.35. The lowest BCUT2D eigenvalue weighted by molar-refractivity contribution is -0.124. The zero-order chi connectivity index (χ0) is 15.7. The van der Waals surface area contributed by atoms with Crippen LogP contribution >= 0.6 is 11.3 Å². The number of nitrogens with zero attached hydrogens (tertiary/aromatic N) is 1. The molecule has 0 aliphatic carbocycles. The molecule has 0 spiro atoms. The van der Waals surface area contributed by atoms with Gasteiger partial charge in [0.2, 0.25) is 5.91 Å². The van der Waals surface area contributed by atoms with E-state index in [-0.39, 0.29) is 11.4 Å². The van der Waals surface area contributed by atoms with Gasteiger partial charge in [0, 0.05) is 29.6 Å². The molecule has 2 fully saturated rings. The van der Waals surface area contributed by atoms with Gasteiger partial charge in [-0.3, -0.25) is 4.79 Å². The largest absolute Gasteiger partial charge is 0.344 e. The fourth-order valence-electron chi connectivity index (χ4n) is 3.86. The maximum atomic E-state index is 12.5. The summed E-state index contributed by atoms with van der Waals surface area (Å²) in [5.41, 5.74) is 0.700. The van der Waals surface area contributed by atoms with Crippen LogP contribution in [0.25, 0.3) is 0 Å². The monoisotopic (exact) mass is 321 g/mol. The van der Waals surface area contributed by atoms with E-state index in [1.807, 2.05) is 6.92 Å². The van der Waals surface area contributed by atoms with Gasteiger partial charge in [-0.15, -0.1) is 11.3 Å². The smallest absolute Gasteiger partial charge is 0.221 e. The molecule has 0 aromatic carbocycles. The highest BCUT2D eigenvalue weighted by molar-refractivity contribution is 7.09. The second-order valence-electron chi connectivity index (χ2n) is 7.21. The lowest BCUT2D eigenvalue weighted by Crippen LogP contribution is -2.45. The number of carbonyl (C=O) groups is 1. The number of hydrogen-bond donors (Lipinski definition) is 2. The molecule has 3 atom stereocenters. The molecular weight excluding hydrogens is 294 g/mol. The van der Waals surface area contributed by atoms with E-state index >= 15 is 0 Å². The standard InChI is InChI=1S/C17H27N3OS/c1-4-17(3,16-18-11(2)10-22-16)20-15(21)9-12-7-13-5-6-14(8-12)19-13/h10,12-14,19H,4-9H2,1-3H3,(H,20,21). The number of thiazole rings is 1. The molecule has 2 aliphatic heterocycles. The Morgan fingerprint density at radius 3 is 2.68 bits per heavy atom. The molecule has 0 radical (unpaired) electrons. The third-order valence-electron chi connectivity index (χ3n) is 5.26. The van der Waals surface area contributed by atoms with Gasteiger partial charge in [0.05, 0.1) is 5.54 Å². The fraction of sp³-hybridized carbons (Fsp3) is 0.765. The van der Waals surface area contributed by atoms with Crippen LogP contribution in [0, 0.1) is 12.8 Å². The van der Waals surface area contributed by atoms with Crippen LogP contribution in [0.2, 0.25) is 0 Å². The first-order valence-corrected chi connectivity index (χ1v) is 9.36. The van der Waals surface area contributed by atoms with Crippen molar-refractivity contribution in [2.75, 3.05) is 0 Å². The van der Waals surface area contributed by atoms with Crippen molar-refractivity contribution in [1.29, 1.82) is 0 Å². The Hall–Kier alpha value is -0.940. The van der Waals surface area contributed by atoms with Crippen molar-refractivity contribution >= 4 is 17.2 Å². The van der Waals surface area contributed by atoms with E-state index in [1.54, 1.807) is 11.3 Å². The van der Waals surface area contributed by atoms with Crippen molar-refractivity contribution in [1.82, 2.24) is 15.6 Å². The Bertz CT molecular complexity index is 532. The fourth-order valence-corrected chi connectivity index (χ4v) is 4.85. The van der Waals surface area contributed by atoms with Crippen molar-refractivity contribution in [3.63, 3.8) is 0 Å². The molecule has 2 aliphatic rings.